The molecule has 0 saturated carbocycles. The van der Waals surface area contributed by atoms with Crippen molar-refractivity contribution in [3.05, 3.63) is 82.6 Å². The number of carbonyl (C=O) groups is 3. The average Bonchev–Trinajstić information content (AvgIpc) is 3.80. The van der Waals surface area contributed by atoms with Gasteiger partial charge in [-0.15, -0.1) is 5.06 Å². The number of hydrogen-bond acceptors (Lipinski definition) is 16. The molecule has 5 rings (SSSR count). The highest BCUT2D eigenvalue weighted by atomic mass is 32.2. The number of allylic oxidation sites excluding steroid dienone is 3. The Morgan fingerprint density at radius 1 is 0.776 bits per heavy atom. The van der Waals surface area contributed by atoms with Gasteiger partial charge < -0.3 is 42.6 Å². The lowest BCUT2D eigenvalue weighted by Gasteiger charge is -2.30. The summed E-state index contributed by atoms with van der Waals surface area (Å²) in [6, 6.07) is 12.4. The average molecular weight is 1110 g/mol. The maximum Gasteiger partial charge on any atom is 0.333 e. The quantitative estimate of drug-likeness (QED) is 0.0289. The number of nitrogens with zero attached hydrogens (tertiary/aromatic N) is 3. The monoisotopic (exact) mass is 1110 g/mol. The molecule has 20 nitrogen and oxygen atoms in total. The summed E-state index contributed by atoms with van der Waals surface area (Å²) in [6.07, 6.45) is 7.03. The Bertz CT molecular complexity index is 2660. The van der Waals surface area contributed by atoms with Crippen molar-refractivity contribution in [1.82, 2.24) is 9.64 Å². The van der Waals surface area contributed by atoms with Crippen molar-refractivity contribution in [1.29, 1.82) is 0 Å². The van der Waals surface area contributed by atoms with E-state index >= 15 is 0 Å². The zero-order chi connectivity index (χ0) is 55.9. The molecule has 3 heterocycles. The van der Waals surface area contributed by atoms with Crippen LogP contribution >= 0.6 is 0 Å². The van der Waals surface area contributed by atoms with Gasteiger partial charge in [-0.25, -0.2) is 9.37 Å². The van der Waals surface area contributed by atoms with Crippen LogP contribution in [0.3, 0.4) is 0 Å². The number of rotatable bonds is 32. The van der Waals surface area contributed by atoms with E-state index in [9.17, 15) is 40.3 Å². The van der Waals surface area contributed by atoms with Crippen molar-refractivity contribution >= 4 is 49.8 Å². The molecule has 424 valence electrons. The summed E-state index contributed by atoms with van der Waals surface area (Å²) >= 11 is 0. The Labute approximate surface area is 448 Å². The van der Waals surface area contributed by atoms with E-state index in [-0.39, 0.29) is 42.4 Å². The zero-order valence-corrected chi connectivity index (χ0v) is 47.1. The minimum absolute atomic E-state index is 0.0143. The summed E-state index contributed by atoms with van der Waals surface area (Å²) in [7, 11) is -5.74. The number of fused-ring (bicyclic) bond motifs is 2. The summed E-state index contributed by atoms with van der Waals surface area (Å²) in [5.41, 5.74) is 2.45. The van der Waals surface area contributed by atoms with Gasteiger partial charge in [0.1, 0.15) is 24.7 Å². The summed E-state index contributed by atoms with van der Waals surface area (Å²) < 4.78 is 111. The number of benzene rings is 2. The zero-order valence-electron chi connectivity index (χ0n) is 45.5. The van der Waals surface area contributed by atoms with Crippen LogP contribution in [0.25, 0.3) is 17.4 Å². The molecule has 2 amide bonds. The largest absolute Gasteiger partial charge is 0.456 e. The van der Waals surface area contributed by atoms with E-state index in [1.807, 2.05) is 56.0 Å². The van der Waals surface area contributed by atoms with E-state index in [1.54, 1.807) is 20.3 Å². The van der Waals surface area contributed by atoms with Gasteiger partial charge in [0.15, 0.2) is 13.1 Å². The van der Waals surface area contributed by atoms with E-state index in [1.165, 1.54) is 12.1 Å². The Balaban J connectivity index is 0.00000616. The van der Waals surface area contributed by atoms with Gasteiger partial charge in [0, 0.05) is 68.5 Å². The highest BCUT2D eigenvalue weighted by Gasteiger charge is 2.44. The minimum Gasteiger partial charge on any atom is -0.456 e. The molecule has 1 aliphatic carbocycles. The molecule has 22 heteroatoms. The molecule has 4 aliphatic rings. The second-order valence-electron chi connectivity index (χ2n) is 19.2. The first kappa shape index (κ1) is 63.7. The van der Waals surface area contributed by atoms with Crippen LogP contribution in [0.15, 0.2) is 69.6 Å². The van der Waals surface area contributed by atoms with Crippen molar-refractivity contribution in [3.63, 3.8) is 0 Å². The lowest BCUT2D eigenvalue weighted by atomic mass is 9.77. The van der Waals surface area contributed by atoms with Crippen LogP contribution in [0.2, 0.25) is 0 Å². The fraction of sp³-hybridized carbons (Fsp3) is 0.593. The molecule has 1 aromatic carbocycles. The van der Waals surface area contributed by atoms with Crippen molar-refractivity contribution in [2.45, 2.75) is 109 Å². The van der Waals surface area contributed by atoms with Crippen LogP contribution in [-0.2, 0) is 78.7 Å². The summed E-state index contributed by atoms with van der Waals surface area (Å²) in [5, 5.41) is 1.41. The molecular weight excluding hydrogens is 1030 g/mol. The molecule has 0 aromatic heterocycles. The Kier molecular flexibility index (Phi) is 25.9. The van der Waals surface area contributed by atoms with E-state index < -0.39 is 49.2 Å². The molecule has 1 saturated heterocycles. The molecule has 1 fully saturated rings. The third-order valence-electron chi connectivity index (χ3n) is 12.6. The number of methoxy groups -OCH3 is 2. The first-order valence-electron chi connectivity index (χ1n) is 25.9. The van der Waals surface area contributed by atoms with Gasteiger partial charge >= 0.3 is 5.97 Å². The maximum atomic E-state index is 12.5. The summed E-state index contributed by atoms with van der Waals surface area (Å²) in [4.78, 5) is 43.1. The summed E-state index contributed by atoms with van der Waals surface area (Å²) in [5.74, 6) is -1.21. The second kappa shape index (κ2) is 30.9. The Morgan fingerprint density at radius 2 is 1.37 bits per heavy atom. The number of hydroxylamine groups is 2. The topological polar surface area (TPSA) is 247 Å². The third-order valence-corrected chi connectivity index (χ3v) is 14.3. The molecule has 1 atom stereocenters. The predicted octanol–water partition coefficient (Wildman–Crippen LogP) is 6.60. The molecule has 0 bridgehead atoms. The first-order chi connectivity index (χ1) is 36.2. The van der Waals surface area contributed by atoms with Crippen LogP contribution in [0.1, 0.15) is 110 Å². The van der Waals surface area contributed by atoms with Gasteiger partial charge in [0.2, 0.25) is 5.36 Å². The van der Waals surface area contributed by atoms with Gasteiger partial charge in [-0.1, -0.05) is 47.1 Å². The molecule has 2 N–H and O–H groups in total. The van der Waals surface area contributed by atoms with E-state index in [0.717, 1.165) is 16.5 Å². The predicted molar refractivity (Wildman–Crippen MR) is 287 cm³/mol. The van der Waals surface area contributed by atoms with E-state index in [4.69, 9.17) is 37.7 Å². The van der Waals surface area contributed by atoms with Crippen LogP contribution < -0.4 is 14.8 Å². The van der Waals surface area contributed by atoms with Crippen LogP contribution in [-0.4, -0.2) is 154 Å². The minimum atomic E-state index is -4.64. The number of carbonyl (C=O) groups excluding carboxylic acids is 3. The SMILES string of the molecule is CC.COCCOCCOCC[N+](CCOCCOCCOC)=c1ccc2c(C(C)(C)C)cc(/C=C/C=C3/N(CCCCCC(=O)ON4C(=O)CCC4=O)c4ccc(S(=O)(=O)O)cc4C3(C)CCCS(=O)(=O)O)oc-2c1. The Hall–Kier alpha value is -4.88. The number of anilines is 1. The fourth-order valence-electron chi connectivity index (χ4n) is 8.80. The van der Waals surface area contributed by atoms with Crippen molar-refractivity contribution < 1.29 is 78.0 Å². The normalized spacial score (nSPS) is 16.5. The maximum absolute atomic E-state index is 12.5. The standard InChI is InChI=1S/C52H73N3O17S2.C2H6/c1-51(2,3)43-37-40(71-46-36-39(15-17-42(43)46)53(23-25-67-31-33-69-29-27-65-5)24-26-68-32-34-70-30-28-66-6)12-10-13-47-52(4,21-11-35-73(59,60)61)44-38-41(74(62,63)64)16-18-45(44)54(47)22-9-7-8-14-50(58)72-55-48(56)19-20-49(55)57;1-2/h10,12-13,15-18,36-38H,7-9,11,14,19-35H2,1-6H3,(H-,59,60,61,62,63,64);1-2H3/p+1. The van der Waals surface area contributed by atoms with Crippen molar-refractivity contribution in [2.24, 2.45) is 0 Å². The van der Waals surface area contributed by atoms with Gasteiger partial charge in [-0.2, -0.15) is 16.8 Å². The number of amides is 2. The molecule has 1 unspecified atom stereocenters. The van der Waals surface area contributed by atoms with Gasteiger partial charge in [0.25, 0.3) is 32.1 Å². The number of hydrogen-bond donors (Lipinski definition) is 2. The van der Waals surface area contributed by atoms with Crippen molar-refractivity contribution in [3.8, 4) is 11.3 Å². The van der Waals surface area contributed by atoms with Gasteiger partial charge in [-0.05, 0) is 91.6 Å². The second-order valence-corrected chi connectivity index (χ2v) is 22.2. The van der Waals surface area contributed by atoms with Gasteiger partial charge in [-0.3, -0.25) is 18.7 Å². The lowest BCUT2D eigenvalue weighted by Crippen LogP contribution is -2.36. The number of unbranched alkanes of at least 4 members (excludes halogenated alkanes) is 2. The molecule has 3 aliphatic heterocycles. The molecular formula is C54H80N3O17S2+. The van der Waals surface area contributed by atoms with Crippen LogP contribution in [0, 0.1) is 0 Å². The smallest absolute Gasteiger partial charge is 0.333 e. The third kappa shape index (κ3) is 19.5. The number of ether oxygens (including phenoxy) is 6. The number of imide groups is 1. The Morgan fingerprint density at radius 3 is 1.93 bits per heavy atom. The fourth-order valence-corrected chi connectivity index (χ4v) is 9.82. The molecule has 1 aromatic rings. The highest BCUT2D eigenvalue weighted by molar-refractivity contribution is 7.86. The highest BCUT2D eigenvalue weighted by Crippen LogP contribution is 2.51. The van der Waals surface area contributed by atoms with Crippen LogP contribution in [0.5, 0.6) is 0 Å². The van der Waals surface area contributed by atoms with Crippen molar-refractivity contribution in [2.75, 3.05) is 111 Å². The molecule has 0 spiro atoms. The van der Waals surface area contributed by atoms with E-state index in [2.05, 4.69) is 37.5 Å². The van der Waals surface area contributed by atoms with Crippen LogP contribution in [0.4, 0.5) is 5.69 Å². The molecule has 0 radical (unpaired) electrons. The van der Waals surface area contributed by atoms with Gasteiger partial charge in [0.05, 0.1) is 69.6 Å². The first-order valence-corrected chi connectivity index (χ1v) is 29.0. The lowest BCUT2D eigenvalue weighted by molar-refractivity contribution is -0.197. The summed E-state index contributed by atoms with van der Waals surface area (Å²) in [6.45, 7) is 18.3. The molecule has 76 heavy (non-hydrogen) atoms. The van der Waals surface area contributed by atoms with E-state index in [0.29, 0.717) is 138 Å².